The molecule has 0 bridgehead atoms. The van der Waals surface area contributed by atoms with Gasteiger partial charge < -0.3 is 4.74 Å². The van der Waals surface area contributed by atoms with E-state index in [1.165, 1.54) is 25.0 Å². The second kappa shape index (κ2) is 2.72. The number of hydrogen-bond donors (Lipinski definition) is 0. The molecule has 2 aliphatic rings. The number of allylic oxidation sites excluding steroid dienone is 3. The summed E-state index contributed by atoms with van der Waals surface area (Å²) in [5.74, 6) is 1.86. The van der Waals surface area contributed by atoms with Crippen molar-refractivity contribution in [2.24, 2.45) is 5.92 Å². The van der Waals surface area contributed by atoms with Crippen molar-refractivity contribution in [1.29, 1.82) is 0 Å². The molecule has 1 heteroatoms. The van der Waals surface area contributed by atoms with E-state index in [1.54, 1.807) is 12.7 Å². The van der Waals surface area contributed by atoms with Crippen molar-refractivity contribution in [1.82, 2.24) is 0 Å². The molecule has 0 spiro atoms. The van der Waals surface area contributed by atoms with Gasteiger partial charge in [0.05, 0.1) is 12.9 Å². The molecule has 0 amide bonds. The van der Waals surface area contributed by atoms with Crippen LogP contribution in [0.25, 0.3) is 0 Å². The molecule has 0 N–H and O–H groups in total. The second-order valence-corrected chi connectivity index (χ2v) is 3.27. The Morgan fingerprint density at radius 2 is 2.36 bits per heavy atom. The molecule has 0 radical (unpaired) electrons. The third-order valence-corrected chi connectivity index (χ3v) is 2.68. The topological polar surface area (TPSA) is 9.23 Å². The predicted molar refractivity (Wildman–Crippen MR) is 45.1 cm³/mol. The minimum absolute atomic E-state index is 0.647. The first-order valence-corrected chi connectivity index (χ1v) is 4.35. The lowest BCUT2D eigenvalue weighted by atomic mass is 9.94. The smallest absolute Gasteiger partial charge is 0.0990 e. The van der Waals surface area contributed by atoms with E-state index in [0.29, 0.717) is 5.92 Å². The molecule has 1 unspecified atom stereocenters. The van der Waals surface area contributed by atoms with Gasteiger partial charge in [0.25, 0.3) is 0 Å². The van der Waals surface area contributed by atoms with Gasteiger partial charge in [-0.05, 0) is 31.8 Å². The fourth-order valence-corrected chi connectivity index (χ4v) is 2.13. The van der Waals surface area contributed by atoms with Crippen LogP contribution >= 0.6 is 0 Å². The minimum atomic E-state index is 0.647. The Hall–Kier alpha value is -0.720. The van der Waals surface area contributed by atoms with Gasteiger partial charge in [0.2, 0.25) is 0 Å². The van der Waals surface area contributed by atoms with Gasteiger partial charge in [-0.1, -0.05) is 11.6 Å². The highest BCUT2D eigenvalue weighted by molar-refractivity contribution is 5.26. The lowest BCUT2D eigenvalue weighted by Gasteiger charge is -2.18. The first-order chi connectivity index (χ1) is 5.42. The van der Waals surface area contributed by atoms with Crippen molar-refractivity contribution in [3.05, 3.63) is 23.5 Å². The van der Waals surface area contributed by atoms with Gasteiger partial charge in [0, 0.05) is 5.92 Å². The molecule has 0 aliphatic heterocycles. The summed E-state index contributed by atoms with van der Waals surface area (Å²) in [4.78, 5) is 0. The summed E-state index contributed by atoms with van der Waals surface area (Å²) >= 11 is 0. The summed E-state index contributed by atoms with van der Waals surface area (Å²) in [6.45, 7) is 0. The maximum Gasteiger partial charge on any atom is 0.0990 e. The largest absolute Gasteiger partial charge is 0.501 e. The predicted octanol–water partition coefficient (Wildman–Crippen LogP) is 2.65. The Bertz CT molecular complexity index is 213. The van der Waals surface area contributed by atoms with Crippen LogP contribution in [0.3, 0.4) is 0 Å². The monoisotopic (exact) mass is 150 g/mol. The lowest BCUT2D eigenvalue weighted by Crippen LogP contribution is -2.06. The Morgan fingerprint density at radius 1 is 1.45 bits per heavy atom. The summed E-state index contributed by atoms with van der Waals surface area (Å²) in [5, 5.41) is 0. The molecular weight excluding hydrogens is 136 g/mol. The summed E-state index contributed by atoms with van der Waals surface area (Å²) in [5.41, 5.74) is 1.62. The summed E-state index contributed by atoms with van der Waals surface area (Å²) < 4.78 is 5.33. The van der Waals surface area contributed by atoms with Gasteiger partial charge >= 0.3 is 0 Å². The van der Waals surface area contributed by atoms with Crippen LogP contribution in [0.4, 0.5) is 0 Å². The molecule has 2 rings (SSSR count). The van der Waals surface area contributed by atoms with Crippen LogP contribution in [0.15, 0.2) is 23.5 Å². The number of ether oxygens (including phenoxy) is 1. The van der Waals surface area contributed by atoms with Crippen LogP contribution in [-0.4, -0.2) is 7.11 Å². The van der Waals surface area contributed by atoms with Crippen molar-refractivity contribution in [2.75, 3.05) is 7.11 Å². The van der Waals surface area contributed by atoms with Crippen LogP contribution in [-0.2, 0) is 4.74 Å². The molecule has 1 fully saturated rings. The highest BCUT2D eigenvalue weighted by atomic mass is 16.5. The Balaban J connectivity index is 2.20. The number of methoxy groups -OCH3 is 1. The second-order valence-electron chi connectivity index (χ2n) is 3.27. The quantitative estimate of drug-likeness (QED) is 0.522. The van der Waals surface area contributed by atoms with E-state index in [0.717, 1.165) is 6.42 Å². The zero-order chi connectivity index (χ0) is 7.68. The van der Waals surface area contributed by atoms with Gasteiger partial charge in [0.15, 0.2) is 0 Å². The zero-order valence-electron chi connectivity index (χ0n) is 6.97. The molecule has 1 nitrogen and oxygen atoms in total. The molecule has 0 saturated heterocycles. The van der Waals surface area contributed by atoms with Crippen molar-refractivity contribution in [3.63, 3.8) is 0 Å². The third kappa shape index (κ3) is 1.09. The number of hydrogen-bond acceptors (Lipinski definition) is 1. The Labute approximate surface area is 67.7 Å². The third-order valence-electron chi connectivity index (χ3n) is 2.68. The number of fused-ring (bicyclic) bond motifs is 1. The molecule has 0 heterocycles. The van der Waals surface area contributed by atoms with Crippen LogP contribution in [0.1, 0.15) is 25.7 Å². The molecule has 0 aromatic rings. The van der Waals surface area contributed by atoms with Crippen molar-refractivity contribution in [2.45, 2.75) is 25.7 Å². The Kier molecular flexibility index (Phi) is 1.72. The highest BCUT2D eigenvalue weighted by Crippen LogP contribution is 2.39. The van der Waals surface area contributed by atoms with E-state index in [9.17, 15) is 0 Å². The first-order valence-electron chi connectivity index (χ1n) is 4.35. The van der Waals surface area contributed by atoms with Crippen LogP contribution in [0, 0.1) is 5.92 Å². The summed E-state index contributed by atoms with van der Waals surface area (Å²) in [7, 11) is 1.78. The van der Waals surface area contributed by atoms with Crippen LogP contribution < -0.4 is 0 Å². The van der Waals surface area contributed by atoms with E-state index in [1.807, 2.05) is 0 Å². The number of rotatable bonds is 1. The van der Waals surface area contributed by atoms with E-state index < -0.39 is 0 Å². The van der Waals surface area contributed by atoms with Gasteiger partial charge in [-0.2, -0.15) is 0 Å². The summed E-state index contributed by atoms with van der Waals surface area (Å²) in [6.07, 6.45) is 9.59. The van der Waals surface area contributed by atoms with Crippen LogP contribution in [0.2, 0.25) is 0 Å². The van der Waals surface area contributed by atoms with Gasteiger partial charge in [-0.25, -0.2) is 0 Å². The maximum atomic E-state index is 5.33. The highest BCUT2D eigenvalue weighted by Gasteiger charge is 2.26. The Morgan fingerprint density at radius 3 is 3.18 bits per heavy atom. The van der Waals surface area contributed by atoms with E-state index in [-0.39, 0.29) is 0 Å². The van der Waals surface area contributed by atoms with Gasteiger partial charge in [-0.15, -0.1) is 0 Å². The van der Waals surface area contributed by atoms with E-state index in [2.05, 4.69) is 12.2 Å². The molecule has 2 aliphatic carbocycles. The van der Waals surface area contributed by atoms with Crippen molar-refractivity contribution < 1.29 is 4.74 Å². The fourth-order valence-electron chi connectivity index (χ4n) is 2.13. The normalized spacial score (nSPS) is 29.0. The molecule has 0 aromatic heterocycles. The van der Waals surface area contributed by atoms with Crippen molar-refractivity contribution >= 4 is 0 Å². The van der Waals surface area contributed by atoms with E-state index in [4.69, 9.17) is 4.74 Å². The molecular formula is C10H14O. The summed E-state index contributed by atoms with van der Waals surface area (Å²) in [6, 6.07) is 0. The standard InChI is InChI=1S/C10H14O/c1-11-10-7-3-5-8-4-2-6-9(8)10/h5,7,9H,2-4,6H2,1H3. The van der Waals surface area contributed by atoms with E-state index >= 15 is 0 Å². The maximum absolute atomic E-state index is 5.33. The first kappa shape index (κ1) is 6.96. The van der Waals surface area contributed by atoms with Gasteiger partial charge in [-0.3, -0.25) is 0 Å². The van der Waals surface area contributed by atoms with Crippen molar-refractivity contribution in [3.8, 4) is 0 Å². The molecule has 0 aromatic carbocycles. The molecule has 11 heavy (non-hydrogen) atoms. The zero-order valence-corrected chi connectivity index (χ0v) is 6.97. The minimum Gasteiger partial charge on any atom is -0.501 e. The SMILES string of the molecule is COC1=CCC=C2CCCC21. The average Bonchev–Trinajstić information content (AvgIpc) is 2.50. The lowest BCUT2D eigenvalue weighted by molar-refractivity contribution is 0.251. The molecule has 1 saturated carbocycles. The molecule has 1 atom stereocenters. The van der Waals surface area contributed by atoms with Gasteiger partial charge in [0.1, 0.15) is 0 Å². The van der Waals surface area contributed by atoms with Crippen LogP contribution in [0.5, 0.6) is 0 Å². The average molecular weight is 150 g/mol. The fraction of sp³-hybridized carbons (Fsp3) is 0.600. The molecule has 60 valence electrons.